The van der Waals surface area contributed by atoms with Crippen molar-refractivity contribution < 1.29 is 24.0 Å². The Morgan fingerprint density at radius 2 is 1.42 bits per heavy atom. The summed E-state index contributed by atoms with van der Waals surface area (Å²) in [4.78, 5) is 33.6. The van der Waals surface area contributed by atoms with E-state index in [2.05, 4.69) is 5.32 Å². The van der Waals surface area contributed by atoms with Gasteiger partial charge in [-0.1, -0.05) is 68.9 Å². The molecule has 0 aliphatic carbocycles. The minimum Gasteiger partial charge on any atom is -0.445 e. The zero-order chi connectivity index (χ0) is 23.7. The van der Waals surface area contributed by atoms with Gasteiger partial charge in [-0.05, 0) is 30.5 Å². The Balaban J connectivity index is 1.37. The summed E-state index contributed by atoms with van der Waals surface area (Å²) in [6, 6.07) is 15.1. The fourth-order valence-corrected chi connectivity index (χ4v) is 3.24. The molecule has 0 atom stereocenters. The molecule has 8 heteroatoms. The molecule has 0 aromatic heterocycles. The first-order chi connectivity index (χ1) is 16.0. The number of unbranched alkanes of at least 4 members (excludes halogenated alkanes) is 7. The lowest BCUT2D eigenvalue weighted by Gasteiger charge is -2.07. The maximum Gasteiger partial charge on any atom is 0.407 e. The van der Waals surface area contributed by atoms with Crippen LogP contribution in [-0.4, -0.2) is 23.5 Å². The molecular weight excluding hydrogens is 424 g/mol. The van der Waals surface area contributed by atoms with Gasteiger partial charge in [0, 0.05) is 25.1 Å². The first-order valence-corrected chi connectivity index (χ1v) is 11.4. The summed E-state index contributed by atoms with van der Waals surface area (Å²) >= 11 is 0. The number of carbonyl (C=O) groups is 2. The summed E-state index contributed by atoms with van der Waals surface area (Å²) < 4.78 is 10.4. The van der Waals surface area contributed by atoms with Crippen LogP contribution < -0.4 is 10.1 Å². The number of alkyl carbamates (subject to hydrolysis) is 1. The van der Waals surface area contributed by atoms with Gasteiger partial charge in [0.1, 0.15) is 12.4 Å². The van der Waals surface area contributed by atoms with Crippen LogP contribution in [0.2, 0.25) is 0 Å². The molecule has 2 aromatic carbocycles. The monoisotopic (exact) mass is 456 g/mol. The van der Waals surface area contributed by atoms with Crippen molar-refractivity contribution in [1.29, 1.82) is 0 Å². The predicted octanol–water partition coefficient (Wildman–Crippen LogP) is 5.94. The van der Waals surface area contributed by atoms with Crippen molar-refractivity contribution in [2.24, 2.45) is 0 Å². The number of carbonyl (C=O) groups excluding carboxylic acids is 2. The lowest BCUT2D eigenvalue weighted by Crippen LogP contribution is -2.25. The van der Waals surface area contributed by atoms with Crippen molar-refractivity contribution in [3.8, 4) is 5.75 Å². The van der Waals surface area contributed by atoms with Gasteiger partial charge >= 0.3 is 12.1 Å². The molecule has 0 unspecified atom stereocenters. The molecule has 0 bridgehead atoms. The second-order valence-electron chi connectivity index (χ2n) is 7.79. The maximum atomic E-state index is 11.8. The molecule has 8 nitrogen and oxygen atoms in total. The van der Waals surface area contributed by atoms with Crippen molar-refractivity contribution in [3.63, 3.8) is 0 Å². The molecule has 1 N–H and O–H groups in total. The second kappa shape index (κ2) is 15.4. The van der Waals surface area contributed by atoms with Gasteiger partial charge in [-0.2, -0.15) is 0 Å². The Kier molecular flexibility index (Phi) is 12.1. The first kappa shape index (κ1) is 25.8. The third-order valence-corrected chi connectivity index (χ3v) is 5.07. The number of esters is 1. The van der Waals surface area contributed by atoms with E-state index in [0.29, 0.717) is 18.7 Å². The van der Waals surface area contributed by atoms with Gasteiger partial charge in [-0.3, -0.25) is 14.9 Å². The number of nitro groups is 1. The quantitative estimate of drug-likeness (QED) is 0.117. The number of benzene rings is 2. The minimum atomic E-state index is -0.493. The standard InChI is InChI=1S/C25H32N2O6/c28-24(33-23-17-15-22(16-18-23)27(30)31)14-10-5-3-1-2-4-6-11-19-26-25(29)32-20-21-12-8-7-9-13-21/h7-9,12-13,15-18H,1-6,10-11,14,19-20H2,(H,26,29). The molecule has 0 spiro atoms. The smallest absolute Gasteiger partial charge is 0.407 e. The Morgan fingerprint density at radius 3 is 2.06 bits per heavy atom. The minimum absolute atomic E-state index is 0.0348. The average molecular weight is 457 g/mol. The first-order valence-electron chi connectivity index (χ1n) is 11.4. The number of hydrogen-bond donors (Lipinski definition) is 1. The Bertz CT molecular complexity index is 855. The van der Waals surface area contributed by atoms with Crippen molar-refractivity contribution in [2.45, 2.75) is 64.4 Å². The topological polar surface area (TPSA) is 108 Å². The lowest BCUT2D eigenvalue weighted by atomic mass is 10.1. The zero-order valence-electron chi connectivity index (χ0n) is 18.9. The normalized spacial score (nSPS) is 10.4. The highest BCUT2D eigenvalue weighted by Gasteiger charge is 2.08. The van der Waals surface area contributed by atoms with E-state index in [9.17, 15) is 19.7 Å². The number of amides is 1. The van der Waals surface area contributed by atoms with Crippen LogP contribution in [-0.2, 0) is 16.1 Å². The van der Waals surface area contributed by atoms with Crippen molar-refractivity contribution >= 4 is 17.7 Å². The number of nitro benzene ring substituents is 1. The fourth-order valence-electron chi connectivity index (χ4n) is 3.24. The van der Waals surface area contributed by atoms with Crippen molar-refractivity contribution in [3.05, 3.63) is 70.3 Å². The van der Waals surface area contributed by atoms with Gasteiger partial charge < -0.3 is 14.8 Å². The van der Waals surface area contributed by atoms with E-state index < -0.39 is 4.92 Å². The molecule has 0 fully saturated rings. The maximum absolute atomic E-state index is 11.8. The van der Waals surface area contributed by atoms with E-state index >= 15 is 0 Å². The van der Waals surface area contributed by atoms with E-state index in [1.165, 1.54) is 24.3 Å². The fraction of sp³-hybridized carbons (Fsp3) is 0.440. The summed E-state index contributed by atoms with van der Waals surface area (Å²) in [5.74, 6) is 0.00296. The Hall–Kier alpha value is -3.42. The molecule has 0 saturated heterocycles. The summed E-state index contributed by atoms with van der Waals surface area (Å²) in [7, 11) is 0. The predicted molar refractivity (Wildman–Crippen MR) is 125 cm³/mol. The Morgan fingerprint density at radius 1 is 0.818 bits per heavy atom. The van der Waals surface area contributed by atoms with Crippen molar-refractivity contribution in [2.75, 3.05) is 6.54 Å². The molecule has 0 saturated carbocycles. The van der Waals surface area contributed by atoms with Gasteiger partial charge in [0.15, 0.2) is 0 Å². The number of nitrogens with zero attached hydrogens (tertiary/aromatic N) is 1. The highest BCUT2D eigenvalue weighted by molar-refractivity contribution is 5.72. The van der Waals surface area contributed by atoms with Crippen LogP contribution in [0.5, 0.6) is 5.75 Å². The van der Waals surface area contributed by atoms with Crippen LogP contribution in [0.3, 0.4) is 0 Å². The number of hydrogen-bond acceptors (Lipinski definition) is 6. The summed E-state index contributed by atoms with van der Waals surface area (Å²) in [6.07, 6.45) is 8.09. The molecule has 33 heavy (non-hydrogen) atoms. The Labute approximate surface area is 194 Å². The molecule has 1 amide bonds. The van der Waals surface area contributed by atoms with Crippen LogP contribution in [0.15, 0.2) is 54.6 Å². The summed E-state index contributed by atoms with van der Waals surface area (Å²) in [5.41, 5.74) is 0.932. The molecule has 0 heterocycles. The summed E-state index contributed by atoms with van der Waals surface area (Å²) in [5, 5.41) is 13.4. The van der Waals surface area contributed by atoms with E-state index in [1.54, 1.807) is 0 Å². The summed E-state index contributed by atoms with van der Waals surface area (Å²) in [6.45, 7) is 0.895. The lowest BCUT2D eigenvalue weighted by molar-refractivity contribution is -0.384. The SMILES string of the molecule is O=C(CCCCCCCCCCNC(=O)OCc1ccccc1)Oc1ccc([N+](=O)[O-])cc1. The number of rotatable bonds is 15. The zero-order valence-corrected chi connectivity index (χ0v) is 18.9. The second-order valence-corrected chi connectivity index (χ2v) is 7.79. The van der Waals surface area contributed by atoms with Gasteiger partial charge in [0.05, 0.1) is 4.92 Å². The molecular formula is C25H32N2O6. The third kappa shape index (κ3) is 11.7. The molecule has 0 aliphatic rings. The largest absolute Gasteiger partial charge is 0.445 e. The number of nitrogens with one attached hydrogen (secondary N) is 1. The van der Waals surface area contributed by atoms with Crippen LogP contribution >= 0.6 is 0 Å². The van der Waals surface area contributed by atoms with Crippen LogP contribution in [0.4, 0.5) is 10.5 Å². The molecule has 178 valence electrons. The third-order valence-electron chi connectivity index (χ3n) is 5.07. The number of ether oxygens (including phenoxy) is 2. The molecule has 2 rings (SSSR count). The van der Waals surface area contributed by atoms with Gasteiger partial charge in [0.25, 0.3) is 5.69 Å². The highest BCUT2D eigenvalue weighted by Crippen LogP contribution is 2.18. The van der Waals surface area contributed by atoms with E-state index in [4.69, 9.17) is 9.47 Å². The van der Waals surface area contributed by atoms with Gasteiger partial charge in [0.2, 0.25) is 0 Å². The van der Waals surface area contributed by atoms with Crippen LogP contribution in [0.25, 0.3) is 0 Å². The molecule has 2 aromatic rings. The van der Waals surface area contributed by atoms with Gasteiger partial charge in [-0.15, -0.1) is 0 Å². The van der Waals surface area contributed by atoms with E-state index in [1.807, 2.05) is 30.3 Å². The molecule has 0 aliphatic heterocycles. The van der Waals surface area contributed by atoms with Crippen LogP contribution in [0, 0.1) is 10.1 Å². The number of non-ortho nitro benzene ring substituents is 1. The van der Waals surface area contributed by atoms with Crippen molar-refractivity contribution in [1.82, 2.24) is 5.32 Å². The highest BCUT2D eigenvalue weighted by atomic mass is 16.6. The van der Waals surface area contributed by atoms with Crippen LogP contribution in [0.1, 0.15) is 63.4 Å². The molecule has 0 radical (unpaired) electrons. The average Bonchev–Trinajstić information content (AvgIpc) is 2.82. The van der Waals surface area contributed by atoms with E-state index in [-0.39, 0.29) is 24.4 Å². The van der Waals surface area contributed by atoms with E-state index in [0.717, 1.165) is 56.9 Å². The van der Waals surface area contributed by atoms with Gasteiger partial charge in [-0.25, -0.2) is 4.79 Å².